The first-order valence-electron chi connectivity index (χ1n) is 6.80. The van der Waals surface area contributed by atoms with E-state index in [1.807, 2.05) is 29.2 Å². The Morgan fingerprint density at radius 3 is 2.53 bits per heavy atom. The van der Waals surface area contributed by atoms with Crippen molar-refractivity contribution in [2.75, 3.05) is 31.7 Å². The molecule has 1 N–H and O–H groups in total. The van der Waals surface area contributed by atoms with Crippen molar-refractivity contribution in [3.8, 4) is 0 Å². The van der Waals surface area contributed by atoms with E-state index in [4.69, 9.17) is 4.74 Å². The van der Waals surface area contributed by atoms with Crippen LogP contribution < -0.4 is 10.2 Å². The zero-order valence-corrected chi connectivity index (χ0v) is 11.7. The average molecular weight is 262 g/mol. The largest absolute Gasteiger partial charge is 0.375 e. The Balaban J connectivity index is 2.22. The Morgan fingerprint density at radius 2 is 1.95 bits per heavy atom. The number of ether oxygens (including phenoxy) is 1. The van der Waals surface area contributed by atoms with Crippen LogP contribution in [0.5, 0.6) is 0 Å². The molecule has 0 aliphatic carbocycles. The minimum Gasteiger partial charge on any atom is -0.375 e. The van der Waals surface area contributed by atoms with Crippen LogP contribution in [0, 0.1) is 6.92 Å². The minimum atomic E-state index is 0.0400. The third-order valence-corrected chi connectivity index (χ3v) is 3.52. The van der Waals surface area contributed by atoms with Gasteiger partial charge in [0, 0.05) is 18.8 Å². The lowest BCUT2D eigenvalue weighted by Crippen LogP contribution is -2.47. The van der Waals surface area contributed by atoms with E-state index in [2.05, 4.69) is 12.2 Å². The van der Waals surface area contributed by atoms with Crippen LogP contribution >= 0.6 is 0 Å². The van der Waals surface area contributed by atoms with Gasteiger partial charge < -0.3 is 15.0 Å². The van der Waals surface area contributed by atoms with Gasteiger partial charge in [-0.15, -0.1) is 0 Å². The smallest absolute Gasteiger partial charge is 0.253 e. The standard InChI is InChI=1S/C15H22N2O2/c1-12-3-5-13(6-4-12)17(15(18)11-19-2)14-7-9-16-10-8-14/h3-6,14,16H,7-11H2,1-2H3. The number of hydrogen-bond donors (Lipinski definition) is 1. The number of piperidine rings is 1. The van der Waals surface area contributed by atoms with Gasteiger partial charge in [0.1, 0.15) is 6.61 Å². The van der Waals surface area contributed by atoms with Crippen LogP contribution in [-0.4, -0.2) is 38.8 Å². The van der Waals surface area contributed by atoms with Crippen LogP contribution in [0.25, 0.3) is 0 Å². The molecule has 0 aromatic heterocycles. The lowest BCUT2D eigenvalue weighted by Gasteiger charge is -2.34. The maximum Gasteiger partial charge on any atom is 0.253 e. The van der Waals surface area contributed by atoms with E-state index in [0.29, 0.717) is 0 Å². The summed E-state index contributed by atoms with van der Waals surface area (Å²) in [5.41, 5.74) is 2.17. The van der Waals surface area contributed by atoms with Gasteiger partial charge in [0.2, 0.25) is 0 Å². The van der Waals surface area contributed by atoms with Crippen LogP contribution in [0.4, 0.5) is 5.69 Å². The molecular formula is C15H22N2O2. The SMILES string of the molecule is COCC(=O)N(c1ccc(C)cc1)C1CCNCC1. The van der Waals surface area contributed by atoms with E-state index in [9.17, 15) is 4.79 Å². The number of rotatable bonds is 4. The van der Waals surface area contributed by atoms with Crippen molar-refractivity contribution in [2.24, 2.45) is 0 Å². The number of carbonyl (C=O) groups is 1. The number of hydrogen-bond acceptors (Lipinski definition) is 3. The molecule has 0 bridgehead atoms. The van der Waals surface area contributed by atoms with Gasteiger partial charge in [0.15, 0.2) is 0 Å². The number of methoxy groups -OCH3 is 1. The first-order chi connectivity index (χ1) is 9.22. The molecule has 0 unspecified atom stereocenters. The second kappa shape index (κ2) is 6.68. The number of nitrogens with one attached hydrogen (secondary N) is 1. The molecule has 1 aliphatic heterocycles. The van der Waals surface area contributed by atoms with Crippen molar-refractivity contribution in [1.29, 1.82) is 0 Å². The van der Waals surface area contributed by atoms with Gasteiger partial charge in [0.25, 0.3) is 5.91 Å². The highest BCUT2D eigenvalue weighted by molar-refractivity contribution is 5.94. The molecular weight excluding hydrogens is 240 g/mol. The summed E-state index contributed by atoms with van der Waals surface area (Å²) < 4.78 is 5.01. The molecule has 1 aliphatic rings. The molecule has 19 heavy (non-hydrogen) atoms. The highest BCUT2D eigenvalue weighted by atomic mass is 16.5. The summed E-state index contributed by atoms with van der Waals surface area (Å²) >= 11 is 0. The van der Waals surface area contributed by atoms with E-state index in [1.54, 1.807) is 7.11 Å². The molecule has 0 radical (unpaired) electrons. The molecule has 1 aromatic carbocycles. The molecule has 4 nitrogen and oxygen atoms in total. The molecule has 1 heterocycles. The Labute approximate surface area is 114 Å². The van der Waals surface area contributed by atoms with E-state index in [1.165, 1.54) is 5.56 Å². The Morgan fingerprint density at radius 1 is 1.32 bits per heavy atom. The quantitative estimate of drug-likeness (QED) is 0.898. The normalized spacial score (nSPS) is 16.3. The van der Waals surface area contributed by atoms with Crippen LogP contribution in [-0.2, 0) is 9.53 Å². The topological polar surface area (TPSA) is 41.6 Å². The average Bonchev–Trinajstić information content (AvgIpc) is 2.43. The number of carbonyl (C=O) groups excluding carboxylic acids is 1. The van der Waals surface area contributed by atoms with Gasteiger partial charge in [-0.3, -0.25) is 4.79 Å². The van der Waals surface area contributed by atoms with Gasteiger partial charge in [-0.05, 0) is 45.0 Å². The third kappa shape index (κ3) is 3.55. The fourth-order valence-electron chi connectivity index (χ4n) is 2.52. The van der Waals surface area contributed by atoms with E-state index in [0.717, 1.165) is 31.6 Å². The summed E-state index contributed by atoms with van der Waals surface area (Å²) in [5, 5.41) is 3.33. The number of benzene rings is 1. The van der Waals surface area contributed by atoms with Crippen LogP contribution in [0.1, 0.15) is 18.4 Å². The highest BCUT2D eigenvalue weighted by Crippen LogP contribution is 2.22. The van der Waals surface area contributed by atoms with E-state index >= 15 is 0 Å². The predicted octanol–water partition coefficient (Wildman–Crippen LogP) is 1.73. The summed E-state index contributed by atoms with van der Waals surface area (Å²) in [7, 11) is 1.56. The van der Waals surface area contributed by atoms with Gasteiger partial charge in [-0.2, -0.15) is 0 Å². The van der Waals surface area contributed by atoms with Crippen molar-refractivity contribution < 1.29 is 9.53 Å². The number of anilines is 1. The van der Waals surface area contributed by atoms with E-state index in [-0.39, 0.29) is 18.6 Å². The molecule has 0 atom stereocenters. The van der Waals surface area contributed by atoms with Gasteiger partial charge >= 0.3 is 0 Å². The second-order valence-corrected chi connectivity index (χ2v) is 5.01. The zero-order valence-electron chi connectivity index (χ0n) is 11.7. The molecule has 104 valence electrons. The first-order valence-corrected chi connectivity index (χ1v) is 6.80. The minimum absolute atomic E-state index is 0.0400. The van der Waals surface area contributed by atoms with Crippen LogP contribution in [0.15, 0.2) is 24.3 Å². The third-order valence-electron chi connectivity index (χ3n) is 3.52. The Bertz CT molecular complexity index is 411. The number of amides is 1. The zero-order chi connectivity index (χ0) is 13.7. The number of nitrogens with zero attached hydrogens (tertiary/aromatic N) is 1. The monoisotopic (exact) mass is 262 g/mol. The van der Waals surface area contributed by atoms with Crippen molar-refractivity contribution >= 4 is 11.6 Å². The fraction of sp³-hybridized carbons (Fsp3) is 0.533. The lowest BCUT2D eigenvalue weighted by atomic mass is 10.0. The predicted molar refractivity (Wildman–Crippen MR) is 76.4 cm³/mol. The van der Waals surface area contributed by atoms with Crippen molar-refractivity contribution in [2.45, 2.75) is 25.8 Å². The van der Waals surface area contributed by atoms with Crippen molar-refractivity contribution in [1.82, 2.24) is 5.32 Å². The molecule has 0 saturated carbocycles. The Kier molecular flexibility index (Phi) is 4.93. The molecule has 1 amide bonds. The first kappa shape index (κ1) is 14.0. The van der Waals surface area contributed by atoms with Gasteiger partial charge in [-0.1, -0.05) is 17.7 Å². The molecule has 1 aromatic rings. The maximum absolute atomic E-state index is 12.3. The highest BCUT2D eigenvalue weighted by Gasteiger charge is 2.26. The fourth-order valence-corrected chi connectivity index (χ4v) is 2.52. The summed E-state index contributed by atoms with van der Waals surface area (Å²) in [5.74, 6) is 0.0400. The summed E-state index contributed by atoms with van der Waals surface area (Å²) in [6.45, 7) is 4.12. The summed E-state index contributed by atoms with van der Waals surface area (Å²) in [6.07, 6.45) is 1.98. The summed E-state index contributed by atoms with van der Waals surface area (Å²) in [4.78, 5) is 14.2. The molecule has 4 heteroatoms. The molecule has 0 spiro atoms. The van der Waals surface area contributed by atoms with Crippen LogP contribution in [0.3, 0.4) is 0 Å². The molecule has 2 rings (SSSR count). The Hall–Kier alpha value is -1.39. The number of aryl methyl sites for hydroxylation is 1. The molecule has 1 fully saturated rings. The second-order valence-electron chi connectivity index (χ2n) is 5.01. The van der Waals surface area contributed by atoms with E-state index < -0.39 is 0 Å². The van der Waals surface area contributed by atoms with Gasteiger partial charge in [-0.25, -0.2) is 0 Å². The van der Waals surface area contributed by atoms with Gasteiger partial charge in [0.05, 0.1) is 0 Å². The van der Waals surface area contributed by atoms with Crippen molar-refractivity contribution in [3.63, 3.8) is 0 Å². The van der Waals surface area contributed by atoms with Crippen LogP contribution in [0.2, 0.25) is 0 Å². The summed E-state index contributed by atoms with van der Waals surface area (Å²) in [6, 6.07) is 8.40. The maximum atomic E-state index is 12.3. The lowest BCUT2D eigenvalue weighted by molar-refractivity contribution is -0.122. The molecule has 1 saturated heterocycles. The van der Waals surface area contributed by atoms with Crippen molar-refractivity contribution in [3.05, 3.63) is 29.8 Å².